The van der Waals surface area contributed by atoms with E-state index in [9.17, 15) is 4.79 Å². The van der Waals surface area contributed by atoms with Gasteiger partial charge in [-0.3, -0.25) is 0 Å². The van der Waals surface area contributed by atoms with E-state index in [0.717, 1.165) is 12.8 Å². The van der Waals surface area contributed by atoms with E-state index < -0.39 is 0 Å². The van der Waals surface area contributed by atoms with E-state index in [1.54, 1.807) is 6.08 Å². The van der Waals surface area contributed by atoms with Gasteiger partial charge in [0.2, 0.25) is 0 Å². The summed E-state index contributed by atoms with van der Waals surface area (Å²) in [5.41, 5.74) is 0. The third kappa shape index (κ3) is 3.82. The van der Waals surface area contributed by atoms with E-state index in [2.05, 4.69) is 30.3 Å². The molecule has 0 saturated heterocycles. The van der Waals surface area contributed by atoms with Crippen LogP contribution in [0.25, 0.3) is 0 Å². The Bertz CT molecular complexity index is 375. The summed E-state index contributed by atoms with van der Waals surface area (Å²) < 4.78 is 1.46. The third-order valence-electron chi connectivity index (χ3n) is 2.41. The molecule has 0 bridgehead atoms. The first-order valence-electron chi connectivity index (χ1n) is 5.37. The Labute approximate surface area is 107 Å². The fourth-order valence-electron chi connectivity index (χ4n) is 1.56. The summed E-state index contributed by atoms with van der Waals surface area (Å²) in [7, 11) is 0. The van der Waals surface area contributed by atoms with Crippen molar-refractivity contribution in [1.29, 1.82) is 0 Å². The summed E-state index contributed by atoms with van der Waals surface area (Å²) in [6.45, 7) is 0. The number of hydrogen-bond acceptors (Lipinski definition) is 2. The maximum absolute atomic E-state index is 11.2. The molecule has 1 aromatic carbocycles. The van der Waals surface area contributed by atoms with Crippen molar-refractivity contribution >= 4 is 37.0 Å². The van der Waals surface area contributed by atoms with Gasteiger partial charge < -0.3 is 0 Å². The fourth-order valence-corrected chi connectivity index (χ4v) is 4.94. The molecule has 0 amide bonds. The van der Waals surface area contributed by atoms with Crippen LogP contribution in [0.15, 0.2) is 41.8 Å². The first-order valence-corrected chi connectivity index (χ1v) is 8.38. The number of thioether (sulfide) groups is 1. The quantitative estimate of drug-likeness (QED) is 0.794. The van der Waals surface area contributed by atoms with Gasteiger partial charge in [-0.25, -0.2) is 0 Å². The van der Waals surface area contributed by atoms with E-state index in [-0.39, 0.29) is 5.78 Å². The first-order chi connectivity index (χ1) is 7.84. The minimum absolute atomic E-state index is 0.288. The van der Waals surface area contributed by atoms with Gasteiger partial charge in [-0.1, -0.05) is 0 Å². The SMILES string of the molecule is O=C1C=CSC(CC[Se]c2ccccc2)C1. The molecule has 1 aromatic rings. The number of ketones is 1. The van der Waals surface area contributed by atoms with Crippen LogP contribution in [0, 0.1) is 0 Å². The van der Waals surface area contributed by atoms with E-state index in [4.69, 9.17) is 0 Å². The Morgan fingerprint density at radius 3 is 2.88 bits per heavy atom. The molecule has 1 unspecified atom stereocenters. The van der Waals surface area contributed by atoms with Gasteiger partial charge in [-0.05, 0) is 0 Å². The van der Waals surface area contributed by atoms with Gasteiger partial charge in [-0.15, -0.1) is 0 Å². The normalized spacial score (nSPS) is 20.0. The summed E-state index contributed by atoms with van der Waals surface area (Å²) in [5.74, 6) is 0.288. The Balaban J connectivity index is 1.72. The van der Waals surface area contributed by atoms with Crippen LogP contribution in [0.2, 0.25) is 5.32 Å². The molecule has 1 heterocycles. The molecular weight excluding hydrogens is 283 g/mol. The van der Waals surface area contributed by atoms with Crippen molar-refractivity contribution in [1.82, 2.24) is 0 Å². The molecular formula is C13H14OSSe. The fraction of sp³-hybridized carbons (Fsp3) is 0.308. The van der Waals surface area contributed by atoms with Crippen molar-refractivity contribution in [3.05, 3.63) is 41.8 Å². The van der Waals surface area contributed by atoms with Crippen LogP contribution in [0.3, 0.4) is 0 Å². The number of hydrogen-bond donors (Lipinski definition) is 0. The Morgan fingerprint density at radius 1 is 1.31 bits per heavy atom. The molecule has 1 aliphatic rings. The topological polar surface area (TPSA) is 17.1 Å². The van der Waals surface area contributed by atoms with Crippen LogP contribution in [0.1, 0.15) is 12.8 Å². The number of rotatable bonds is 4. The molecule has 0 saturated carbocycles. The zero-order valence-electron chi connectivity index (χ0n) is 8.96. The molecule has 84 valence electrons. The molecule has 0 fully saturated rings. The molecule has 0 aliphatic carbocycles. The van der Waals surface area contributed by atoms with Crippen molar-refractivity contribution in [2.45, 2.75) is 23.4 Å². The van der Waals surface area contributed by atoms with E-state index >= 15 is 0 Å². The predicted molar refractivity (Wildman–Crippen MR) is 71.4 cm³/mol. The summed E-state index contributed by atoms with van der Waals surface area (Å²) in [6.07, 6.45) is 3.59. The second-order valence-corrected chi connectivity index (χ2v) is 7.34. The molecule has 0 N–H and O–H groups in total. The maximum atomic E-state index is 11.2. The zero-order chi connectivity index (χ0) is 11.2. The molecule has 0 spiro atoms. The molecule has 1 aliphatic heterocycles. The Kier molecular flexibility index (Phi) is 4.70. The number of carbonyl (C=O) groups excluding carboxylic acids is 1. The van der Waals surface area contributed by atoms with E-state index in [0.29, 0.717) is 20.2 Å². The molecule has 1 nitrogen and oxygen atoms in total. The van der Waals surface area contributed by atoms with Gasteiger partial charge >= 0.3 is 107 Å². The first kappa shape index (κ1) is 12.0. The minimum atomic E-state index is 0.288. The monoisotopic (exact) mass is 298 g/mol. The number of benzene rings is 1. The van der Waals surface area contributed by atoms with E-state index in [1.165, 1.54) is 9.78 Å². The second-order valence-electron chi connectivity index (χ2n) is 3.68. The molecule has 1 atom stereocenters. The average Bonchev–Trinajstić information content (AvgIpc) is 2.30. The number of carbonyl (C=O) groups is 1. The number of allylic oxidation sites excluding steroid dienone is 1. The summed E-state index contributed by atoms with van der Waals surface area (Å²) >= 11 is 2.37. The summed E-state index contributed by atoms with van der Waals surface area (Å²) in [5, 5.41) is 3.70. The van der Waals surface area contributed by atoms with Crippen LogP contribution < -0.4 is 4.46 Å². The van der Waals surface area contributed by atoms with Gasteiger partial charge in [0.05, 0.1) is 0 Å². The molecule has 0 radical (unpaired) electrons. The molecule has 2 rings (SSSR count). The standard InChI is InChI=1S/C13H14OSSe/c14-11-6-8-15-12(10-11)7-9-16-13-4-2-1-3-5-13/h1-6,8,12H,7,9-10H2. The Hall–Kier alpha value is -0.501. The van der Waals surface area contributed by atoms with Gasteiger partial charge in [0, 0.05) is 0 Å². The zero-order valence-corrected chi connectivity index (χ0v) is 11.5. The second kappa shape index (κ2) is 6.29. The average molecular weight is 297 g/mol. The van der Waals surface area contributed by atoms with Crippen molar-refractivity contribution in [3.8, 4) is 0 Å². The summed E-state index contributed by atoms with van der Waals surface area (Å²) in [4.78, 5) is 11.2. The van der Waals surface area contributed by atoms with Crippen LogP contribution in [0.4, 0.5) is 0 Å². The third-order valence-corrected chi connectivity index (χ3v) is 5.68. The molecule has 0 aromatic heterocycles. The van der Waals surface area contributed by atoms with Gasteiger partial charge in [0.25, 0.3) is 0 Å². The molecule has 3 heteroatoms. The van der Waals surface area contributed by atoms with Crippen LogP contribution in [0.5, 0.6) is 0 Å². The van der Waals surface area contributed by atoms with Crippen LogP contribution in [-0.2, 0) is 4.79 Å². The van der Waals surface area contributed by atoms with Gasteiger partial charge in [0.15, 0.2) is 0 Å². The van der Waals surface area contributed by atoms with Crippen molar-refractivity contribution in [2.75, 3.05) is 0 Å². The summed E-state index contributed by atoms with van der Waals surface area (Å²) in [6, 6.07) is 10.6. The van der Waals surface area contributed by atoms with Gasteiger partial charge in [-0.2, -0.15) is 0 Å². The van der Waals surface area contributed by atoms with Gasteiger partial charge in [0.1, 0.15) is 0 Å². The molecule has 16 heavy (non-hydrogen) atoms. The van der Waals surface area contributed by atoms with Crippen molar-refractivity contribution in [2.24, 2.45) is 0 Å². The van der Waals surface area contributed by atoms with Crippen LogP contribution in [-0.4, -0.2) is 26.0 Å². The van der Waals surface area contributed by atoms with E-state index in [1.807, 2.05) is 17.2 Å². The van der Waals surface area contributed by atoms with Crippen molar-refractivity contribution < 1.29 is 4.79 Å². The van der Waals surface area contributed by atoms with Crippen molar-refractivity contribution in [3.63, 3.8) is 0 Å². The Morgan fingerprint density at radius 2 is 2.12 bits per heavy atom. The predicted octanol–water partition coefficient (Wildman–Crippen LogP) is 2.41. The van der Waals surface area contributed by atoms with Crippen LogP contribution >= 0.6 is 11.8 Å².